The van der Waals surface area contributed by atoms with Crippen LogP contribution in [0.1, 0.15) is 41.2 Å². The van der Waals surface area contributed by atoms with Crippen LogP contribution in [-0.2, 0) is 0 Å². The smallest absolute Gasteiger partial charge is 0.253 e. The normalized spacial score (nSPS) is 23.1. The number of hydrazine groups is 1. The third-order valence-electron chi connectivity index (χ3n) is 5.83. The van der Waals surface area contributed by atoms with Gasteiger partial charge >= 0.3 is 0 Å². The van der Waals surface area contributed by atoms with E-state index >= 15 is 0 Å². The molecule has 154 valence electrons. The van der Waals surface area contributed by atoms with Crippen molar-refractivity contribution in [1.82, 2.24) is 21.1 Å². The Bertz CT molecular complexity index is 837. The maximum atomic E-state index is 12.5. The minimum absolute atomic E-state index is 0.0886. The molecule has 0 aliphatic carbocycles. The second-order valence-corrected chi connectivity index (χ2v) is 8.04. The molecule has 0 spiro atoms. The van der Waals surface area contributed by atoms with Crippen molar-refractivity contribution < 1.29 is 9.53 Å². The molecule has 0 saturated carbocycles. The van der Waals surface area contributed by atoms with Crippen LogP contribution in [0.4, 0.5) is 0 Å². The van der Waals surface area contributed by atoms with Crippen LogP contribution in [0, 0.1) is 0 Å². The minimum atomic E-state index is -0.0886. The Kier molecular flexibility index (Phi) is 6.35. The number of benzene rings is 2. The predicted octanol–water partition coefficient (Wildman–Crippen LogP) is 3.11. The Morgan fingerprint density at radius 3 is 2.52 bits per heavy atom. The summed E-state index contributed by atoms with van der Waals surface area (Å²) in [4.78, 5) is 14.9. The first kappa shape index (κ1) is 20.2. The van der Waals surface area contributed by atoms with Gasteiger partial charge in [0.05, 0.1) is 23.9 Å². The zero-order valence-corrected chi connectivity index (χ0v) is 17.3. The largest absolute Gasteiger partial charge is 0.497 e. The summed E-state index contributed by atoms with van der Waals surface area (Å²) in [5.41, 5.74) is 8.64. The number of likely N-dealkylation sites (tertiary alicyclic amines) is 1. The molecule has 4 rings (SSSR count). The Morgan fingerprint density at radius 2 is 1.83 bits per heavy atom. The van der Waals surface area contributed by atoms with Crippen molar-refractivity contribution in [3.8, 4) is 5.75 Å². The lowest BCUT2D eigenvalue weighted by molar-refractivity contribution is 0.0880. The first-order valence-corrected chi connectivity index (χ1v) is 10.5. The summed E-state index contributed by atoms with van der Waals surface area (Å²) < 4.78 is 5.24. The summed E-state index contributed by atoms with van der Waals surface area (Å²) in [6.07, 6.45) is 3.16. The molecule has 2 atom stereocenters. The van der Waals surface area contributed by atoms with E-state index < -0.39 is 0 Å². The maximum absolute atomic E-state index is 12.5. The highest BCUT2D eigenvalue weighted by atomic mass is 35.5. The van der Waals surface area contributed by atoms with Crippen LogP contribution < -0.4 is 20.9 Å². The molecule has 7 heteroatoms. The van der Waals surface area contributed by atoms with Gasteiger partial charge in [-0.3, -0.25) is 9.69 Å². The van der Waals surface area contributed by atoms with E-state index in [1.807, 2.05) is 24.3 Å². The molecule has 1 amide bonds. The van der Waals surface area contributed by atoms with Crippen LogP contribution >= 0.6 is 11.6 Å². The number of piperidine rings is 1. The van der Waals surface area contributed by atoms with Crippen molar-refractivity contribution in [3.05, 3.63) is 64.7 Å². The van der Waals surface area contributed by atoms with Gasteiger partial charge in [0, 0.05) is 25.2 Å². The number of nitrogens with zero attached hydrogens (tertiary/aromatic N) is 1. The van der Waals surface area contributed by atoms with Gasteiger partial charge in [-0.2, -0.15) is 0 Å². The minimum Gasteiger partial charge on any atom is -0.497 e. The van der Waals surface area contributed by atoms with Crippen LogP contribution in [-0.4, -0.2) is 43.2 Å². The third-order valence-corrected chi connectivity index (χ3v) is 6.15. The zero-order chi connectivity index (χ0) is 20.2. The standard InChI is InChI=1S/C22H27ClN4O2/c1-29-17-8-6-15(7-9-17)20-14-21(26-25-20)27-12-10-16(11-13-27)24-22(28)18-4-2-3-5-19(18)23/h2-9,16,20-21,25-26H,10-14H2,1H3,(H,24,28). The summed E-state index contributed by atoms with van der Waals surface area (Å²) in [5.74, 6) is 0.784. The molecule has 2 aromatic rings. The lowest BCUT2D eigenvalue weighted by Crippen LogP contribution is -2.51. The van der Waals surface area contributed by atoms with E-state index in [-0.39, 0.29) is 18.0 Å². The topological polar surface area (TPSA) is 65.6 Å². The van der Waals surface area contributed by atoms with Gasteiger partial charge in [-0.05, 0) is 49.1 Å². The summed E-state index contributed by atoms with van der Waals surface area (Å²) in [5, 5.41) is 3.63. The number of nitrogens with one attached hydrogen (secondary N) is 3. The molecule has 2 fully saturated rings. The second-order valence-electron chi connectivity index (χ2n) is 7.63. The first-order valence-electron chi connectivity index (χ1n) is 10.1. The van der Waals surface area contributed by atoms with Crippen molar-refractivity contribution in [2.45, 2.75) is 37.5 Å². The molecule has 2 saturated heterocycles. The molecule has 2 aliphatic rings. The highest BCUT2D eigenvalue weighted by Crippen LogP contribution is 2.27. The number of rotatable bonds is 5. The van der Waals surface area contributed by atoms with Gasteiger partial charge in [0.1, 0.15) is 5.75 Å². The van der Waals surface area contributed by atoms with E-state index in [2.05, 4.69) is 33.2 Å². The van der Waals surface area contributed by atoms with Gasteiger partial charge in [0.25, 0.3) is 5.91 Å². The van der Waals surface area contributed by atoms with Crippen molar-refractivity contribution in [2.24, 2.45) is 0 Å². The van der Waals surface area contributed by atoms with Gasteiger partial charge in [0.15, 0.2) is 0 Å². The predicted molar refractivity (Wildman–Crippen MR) is 114 cm³/mol. The third kappa shape index (κ3) is 4.73. The molecule has 2 heterocycles. The van der Waals surface area contributed by atoms with Crippen molar-refractivity contribution in [1.29, 1.82) is 0 Å². The van der Waals surface area contributed by atoms with Gasteiger partial charge in [-0.25, -0.2) is 10.9 Å². The lowest BCUT2D eigenvalue weighted by Gasteiger charge is -2.35. The van der Waals surface area contributed by atoms with E-state index in [0.717, 1.165) is 38.1 Å². The highest BCUT2D eigenvalue weighted by molar-refractivity contribution is 6.33. The second kappa shape index (κ2) is 9.13. The van der Waals surface area contributed by atoms with E-state index in [4.69, 9.17) is 16.3 Å². The van der Waals surface area contributed by atoms with E-state index in [1.54, 1.807) is 19.2 Å². The zero-order valence-electron chi connectivity index (χ0n) is 16.5. The molecule has 3 N–H and O–H groups in total. The molecule has 29 heavy (non-hydrogen) atoms. The number of carbonyl (C=O) groups is 1. The SMILES string of the molecule is COc1ccc(C2CC(N3CCC(NC(=O)c4ccccc4Cl)CC3)NN2)cc1. The van der Waals surface area contributed by atoms with E-state index in [1.165, 1.54) is 5.56 Å². The fourth-order valence-corrected chi connectivity index (χ4v) is 4.32. The number of hydrogen-bond donors (Lipinski definition) is 3. The van der Waals surface area contributed by atoms with Gasteiger partial charge in [-0.15, -0.1) is 0 Å². The molecule has 2 aliphatic heterocycles. The molecule has 6 nitrogen and oxygen atoms in total. The molecular formula is C22H27ClN4O2. The molecule has 2 unspecified atom stereocenters. The monoisotopic (exact) mass is 414 g/mol. The fourth-order valence-electron chi connectivity index (χ4n) is 4.10. The summed E-state index contributed by atoms with van der Waals surface area (Å²) in [6.45, 7) is 1.89. The van der Waals surface area contributed by atoms with Crippen LogP contribution in [0.2, 0.25) is 5.02 Å². The molecule has 0 bridgehead atoms. The van der Waals surface area contributed by atoms with Gasteiger partial charge in [-0.1, -0.05) is 35.9 Å². The van der Waals surface area contributed by atoms with Gasteiger partial charge < -0.3 is 10.1 Å². The Hall–Kier alpha value is -2.12. The summed E-state index contributed by atoms with van der Waals surface area (Å²) in [6, 6.07) is 15.9. The van der Waals surface area contributed by atoms with Crippen LogP contribution in [0.5, 0.6) is 5.75 Å². The van der Waals surface area contributed by atoms with E-state index in [0.29, 0.717) is 16.8 Å². The highest BCUT2D eigenvalue weighted by Gasteiger charge is 2.32. The Balaban J connectivity index is 1.26. The van der Waals surface area contributed by atoms with Crippen molar-refractivity contribution in [2.75, 3.05) is 20.2 Å². The molecule has 0 aromatic heterocycles. The number of carbonyl (C=O) groups excluding carboxylic acids is 1. The number of amides is 1. The summed E-state index contributed by atoms with van der Waals surface area (Å²) >= 11 is 6.14. The average Bonchev–Trinajstić information content (AvgIpc) is 3.25. The molecule has 0 radical (unpaired) electrons. The number of methoxy groups -OCH3 is 1. The number of halogens is 1. The van der Waals surface area contributed by atoms with Crippen LogP contribution in [0.3, 0.4) is 0 Å². The van der Waals surface area contributed by atoms with E-state index in [9.17, 15) is 4.79 Å². The summed E-state index contributed by atoms with van der Waals surface area (Å²) in [7, 11) is 1.68. The lowest BCUT2D eigenvalue weighted by atomic mass is 10.0. The van der Waals surface area contributed by atoms with Crippen LogP contribution in [0.15, 0.2) is 48.5 Å². The average molecular weight is 415 g/mol. The first-order chi connectivity index (χ1) is 14.1. The van der Waals surface area contributed by atoms with Gasteiger partial charge in [0.2, 0.25) is 0 Å². The Labute approximate surface area is 176 Å². The quantitative estimate of drug-likeness (QED) is 0.701. The number of ether oxygens (including phenoxy) is 1. The van der Waals surface area contributed by atoms with Crippen LogP contribution in [0.25, 0.3) is 0 Å². The molecular weight excluding hydrogens is 388 g/mol. The maximum Gasteiger partial charge on any atom is 0.253 e. The van der Waals surface area contributed by atoms with Crippen molar-refractivity contribution in [3.63, 3.8) is 0 Å². The Morgan fingerprint density at radius 1 is 1.10 bits per heavy atom. The van der Waals surface area contributed by atoms with Crippen molar-refractivity contribution >= 4 is 17.5 Å². The molecule has 2 aromatic carbocycles. The number of hydrogen-bond acceptors (Lipinski definition) is 5. The fraction of sp³-hybridized carbons (Fsp3) is 0.409.